The van der Waals surface area contributed by atoms with Gasteiger partial charge in [0, 0.05) is 31.6 Å². The third-order valence-electron chi connectivity index (χ3n) is 6.14. The number of hydrogen-bond acceptors (Lipinski definition) is 7. The van der Waals surface area contributed by atoms with Gasteiger partial charge in [0.2, 0.25) is 11.8 Å². The molecule has 0 atom stereocenters. The molecule has 3 aromatic rings. The summed E-state index contributed by atoms with van der Waals surface area (Å²) in [6.45, 7) is 5.78. The van der Waals surface area contributed by atoms with Crippen LogP contribution in [0.5, 0.6) is 17.4 Å². The molecule has 34 heavy (non-hydrogen) atoms. The van der Waals surface area contributed by atoms with E-state index in [0.29, 0.717) is 61.6 Å². The summed E-state index contributed by atoms with van der Waals surface area (Å²) in [7, 11) is 1.60. The van der Waals surface area contributed by atoms with Crippen LogP contribution < -0.4 is 14.4 Å². The molecular weight excluding hydrogens is 432 g/mol. The lowest BCUT2D eigenvalue weighted by atomic mass is 10.0. The minimum atomic E-state index is -0.0527. The minimum Gasteiger partial charge on any atom is -0.497 e. The molecule has 176 valence electrons. The Kier molecular flexibility index (Phi) is 6.31. The number of benzene rings is 2. The van der Waals surface area contributed by atoms with Gasteiger partial charge in [-0.15, -0.1) is 0 Å². The van der Waals surface area contributed by atoms with Gasteiger partial charge < -0.3 is 24.0 Å². The number of methoxy groups -OCH3 is 1. The molecule has 0 aliphatic carbocycles. The van der Waals surface area contributed by atoms with Crippen molar-refractivity contribution in [2.24, 2.45) is 0 Å². The van der Waals surface area contributed by atoms with E-state index in [4.69, 9.17) is 24.2 Å². The smallest absolute Gasteiger partial charge is 0.254 e. The monoisotopic (exact) mass is 460 g/mol. The molecule has 2 aliphatic heterocycles. The number of carbonyl (C=O) groups excluding carboxylic acids is 1. The van der Waals surface area contributed by atoms with Crippen LogP contribution in [0.3, 0.4) is 0 Å². The summed E-state index contributed by atoms with van der Waals surface area (Å²) in [6, 6.07) is 15.1. The van der Waals surface area contributed by atoms with Crippen LogP contribution in [0.2, 0.25) is 0 Å². The normalized spacial score (nSPS) is 15.6. The predicted molar refractivity (Wildman–Crippen MR) is 128 cm³/mol. The second-order valence-electron chi connectivity index (χ2n) is 8.48. The summed E-state index contributed by atoms with van der Waals surface area (Å²) in [5.74, 6) is 2.46. The van der Waals surface area contributed by atoms with Crippen molar-refractivity contribution in [3.8, 4) is 17.4 Å². The van der Waals surface area contributed by atoms with Crippen LogP contribution in [0, 0.1) is 6.92 Å². The van der Waals surface area contributed by atoms with E-state index in [9.17, 15) is 4.79 Å². The number of anilines is 1. The van der Waals surface area contributed by atoms with Gasteiger partial charge in [0.15, 0.2) is 0 Å². The zero-order valence-electron chi connectivity index (χ0n) is 19.5. The molecule has 5 rings (SSSR count). The molecule has 3 heterocycles. The first-order valence-corrected chi connectivity index (χ1v) is 11.5. The molecule has 2 aliphatic rings. The average Bonchev–Trinajstić information content (AvgIpc) is 2.89. The van der Waals surface area contributed by atoms with Gasteiger partial charge in [-0.3, -0.25) is 4.79 Å². The molecule has 1 aromatic heterocycles. The Morgan fingerprint density at radius 2 is 1.79 bits per heavy atom. The lowest BCUT2D eigenvalue weighted by Crippen LogP contribution is -2.39. The highest BCUT2D eigenvalue weighted by Crippen LogP contribution is 2.32. The summed E-state index contributed by atoms with van der Waals surface area (Å²) in [4.78, 5) is 26.9. The number of morpholine rings is 1. The Labute approximate surface area is 199 Å². The topological polar surface area (TPSA) is 77.0 Å². The Morgan fingerprint density at radius 3 is 2.56 bits per heavy atom. The first-order chi connectivity index (χ1) is 16.6. The summed E-state index contributed by atoms with van der Waals surface area (Å²) in [5, 5.41) is 0. The van der Waals surface area contributed by atoms with E-state index < -0.39 is 0 Å². The van der Waals surface area contributed by atoms with Crippen molar-refractivity contribution >= 4 is 11.9 Å². The van der Waals surface area contributed by atoms with E-state index in [1.54, 1.807) is 13.2 Å². The Hall–Kier alpha value is -3.65. The molecule has 8 nitrogen and oxygen atoms in total. The number of hydrogen-bond donors (Lipinski definition) is 0. The van der Waals surface area contributed by atoms with Crippen LogP contribution in [-0.4, -0.2) is 60.7 Å². The summed E-state index contributed by atoms with van der Waals surface area (Å²) in [5.41, 5.74) is 3.52. The van der Waals surface area contributed by atoms with Crippen LogP contribution in [0.1, 0.15) is 27.2 Å². The van der Waals surface area contributed by atoms with Crippen LogP contribution in [0.15, 0.2) is 48.5 Å². The molecule has 0 radical (unpaired) electrons. The molecule has 1 saturated heterocycles. The van der Waals surface area contributed by atoms with Crippen LogP contribution >= 0.6 is 0 Å². The fraction of sp³-hybridized carbons (Fsp3) is 0.346. The van der Waals surface area contributed by atoms with Gasteiger partial charge in [-0.1, -0.05) is 23.8 Å². The van der Waals surface area contributed by atoms with Crippen molar-refractivity contribution in [2.45, 2.75) is 19.9 Å². The first kappa shape index (κ1) is 22.2. The molecule has 0 bridgehead atoms. The second-order valence-corrected chi connectivity index (χ2v) is 8.48. The van der Waals surface area contributed by atoms with E-state index in [0.717, 1.165) is 29.9 Å². The largest absolute Gasteiger partial charge is 0.497 e. The number of carbonyl (C=O) groups is 1. The predicted octanol–water partition coefficient (Wildman–Crippen LogP) is 3.62. The maximum Gasteiger partial charge on any atom is 0.254 e. The molecular formula is C26H28N4O4. The van der Waals surface area contributed by atoms with Crippen molar-refractivity contribution < 1.29 is 19.0 Å². The highest BCUT2D eigenvalue weighted by atomic mass is 16.5. The molecule has 1 fully saturated rings. The number of fused-ring (bicyclic) bond motifs is 1. The molecule has 2 aromatic carbocycles. The first-order valence-electron chi connectivity index (χ1n) is 11.5. The molecule has 0 unspecified atom stereocenters. The summed E-state index contributed by atoms with van der Waals surface area (Å²) < 4.78 is 17.0. The Bertz CT molecular complexity index is 1180. The standard InChI is InChI=1S/C26H28N4O4/c1-18-6-8-20(9-7-18)34-24-22-17-30(25(31)19-4-3-5-21(16-19)32-2)11-10-23(22)27-26(28-24)29-12-14-33-15-13-29/h3-9,16H,10-15,17H2,1-2H3. The average molecular weight is 461 g/mol. The van der Waals surface area contributed by atoms with Crippen molar-refractivity contribution in [2.75, 3.05) is 44.9 Å². The lowest BCUT2D eigenvalue weighted by Gasteiger charge is -2.32. The molecule has 0 N–H and O–H groups in total. The van der Waals surface area contributed by atoms with Crippen molar-refractivity contribution in [1.29, 1.82) is 0 Å². The van der Waals surface area contributed by atoms with Crippen molar-refractivity contribution in [1.82, 2.24) is 14.9 Å². The Balaban J connectivity index is 1.47. The summed E-state index contributed by atoms with van der Waals surface area (Å²) in [6.07, 6.45) is 0.634. The second kappa shape index (κ2) is 9.69. The van der Waals surface area contributed by atoms with Gasteiger partial charge in [0.25, 0.3) is 5.91 Å². The van der Waals surface area contributed by atoms with Gasteiger partial charge >= 0.3 is 0 Å². The van der Waals surface area contributed by atoms with E-state index in [1.165, 1.54) is 0 Å². The molecule has 0 spiro atoms. The van der Waals surface area contributed by atoms with Crippen molar-refractivity contribution in [3.63, 3.8) is 0 Å². The molecule has 0 saturated carbocycles. The number of aromatic nitrogens is 2. The molecule has 1 amide bonds. The highest BCUT2D eigenvalue weighted by molar-refractivity contribution is 5.94. The van der Waals surface area contributed by atoms with Gasteiger partial charge in [-0.25, -0.2) is 4.98 Å². The van der Waals surface area contributed by atoms with E-state index in [1.807, 2.05) is 54.3 Å². The van der Waals surface area contributed by atoms with E-state index in [2.05, 4.69) is 4.90 Å². The van der Waals surface area contributed by atoms with Crippen LogP contribution in [0.4, 0.5) is 5.95 Å². The SMILES string of the molecule is COc1cccc(C(=O)N2CCc3nc(N4CCOCC4)nc(Oc4ccc(C)cc4)c3C2)c1. The van der Waals surface area contributed by atoms with Crippen LogP contribution in [-0.2, 0) is 17.7 Å². The maximum absolute atomic E-state index is 13.3. The zero-order chi connectivity index (χ0) is 23.5. The zero-order valence-corrected chi connectivity index (χ0v) is 19.5. The van der Waals surface area contributed by atoms with Gasteiger partial charge in [0.1, 0.15) is 11.5 Å². The maximum atomic E-state index is 13.3. The molecule has 8 heteroatoms. The number of rotatable bonds is 5. The van der Waals surface area contributed by atoms with E-state index >= 15 is 0 Å². The number of amides is 1. The van der Waals surface area contributed by atoms with Gasteiger partial charge in [0.05, 0.1) is 38.1 Å². The summed E-state index contributed by atoms with van der Waals surface area (Å²) >= 11 is 0. The quantitative estimate of drug-likeness (QED) is 0.576. The van der Waals surface area contributed by atoms with Gasteiger partial charge in [-0.05, 0) is 37.3 Å². The van der Waals surface area contributed by atoms with Gasteiger partial charge in [-0.2, -0.15) is 4.98 Å². The number of nitrogens with zero attached hydrogens (tertiary/aromatic N) is 4. The Morgan fingerprint density at radius 1 is 1.00 bits per heavy atom. The number of aryl methyl sites for hydroxylation is 1. The fourth-order valence-electron chi connectivity index (χ4n) is 4.19. The third kappa shape index (κ3) is 4.68. The van der Waals surface area contributed by atoms with Crippen molar-refractivity contribution in [3.05, 3.63) is 70.9 Å². The lowest BCUT2D eigenvalue weighted by molar-refractivity contribution is 0.0731. The van der Waals surface area contributed by atoms with Crippen LogP contribution in [0.25, 0.3) is 0 Å². The van der Waals surface area contributed by atoms with E-state index in [-0.39, 0.29) is 5.91 Å². The fourth-order valence-corrected chi connectivity index (χ4v) is 4.19. The third-order valence-corrected chi connectivity index (χ3v) is 6.14. The number of ether oxygens (including phenoxy) is 3. The highest BCUT2D eigenvalue weighted by Gasteiger charge is 2.29. The minimum absolute atomic E-state index is 0.0527.